The molecule has 5 nitrogen and oxygen atoms in total. The predicted molar refractivity (Wildman–Crippen MR) is 110 cm³/mol. The number of carbonyl (C=O) groups is 1. The number of para-hydroxylation sites is 1. The number of H-pyrrole nitrogens is 1. The molecule has 0 spiro atoms. The fraction of sp³-hybridized carbons (Fsp3) is 0.318. The minimum absolute atomic E-state index is 0.0614. The van der Waals surface area contributed by atoms with Gasteiger partial charge in [-0.15, -0.1) is 0 Å². The van der Waals surface area contributed by atoms with Crippen LogP contribution in [0.1, 0.15) is 28.9 Å². The maximum Gasteiger partial charge on any atom is 0.270 e. The number of hydrogen-bond donors (Lipinski definition) is 1. The molecule has 1 aromatic heterocycles. The number of benzene rings is 2. The van der Waals surface area contributed by atoms with Crippen LogP contribution in [0.25, 0.3) is 10.9 Å². The van der Waals surface area contributed by atoms with E-state index in [2.05, 4.69) is 4.98 Å². The Bertz CT molecular complexity index is 979. The summed E-state index contributed by atoms with van der Waals surface area (Å²) < 4.78 is 11.3. The van der Waals surface area contributed by atoms with Crippen LogP contribution in [0.15, 0.2) is 48.5 Å². The van der Waals surface area contributed by atoms with Crippen LogP contribution in [0.2, 0.25) is 5.02 Å². The topological polar surface area (TPSA) is 54.6 Å². The molecule has 4 rings (SSSR count). The minimum Gasteiger partial charge on any atom is -0.496 e. The summed E-state index contributed by atoms with van der Waals surface area (Å²) in [5.74, 6) is 0.713. The number of nitrogens with zero attached hydrogens (tertiary/aromatic N) is 1. The van der Waals surface area contributed by atoms with Gasteiger partial charge in [0, 0.05) is 41.2 Å². The third-order valence-corrected chi connectivity index (χ3v) is 5.34. The fourth-order valence-electron chi connectivity index (χ4n) is 3.68. The van der Waals surface area contributed by atoms with Crippen molar-refractivity contribution in [3.63, 3.8) is 0 Å². The number of amides is 1. The number of carbonyl (C=O) groups excluding carboxylic acids is 1. The van der Waals surface area contributed by atoms with Gasteiger partial charge >= 0.3 is 0 Å². The normalized spacial score (nSPS) is 16.4. The predicted octanol–water partition coefficient (Wildman–Crippen LogP) is 4.65. The number of hydrogen-bond acceptors (Lipinski definition) is 3. The molecule has 1 atom stereocenters. The molecular weight excluding hydrogens is 376 g/mol. The highest BCUT2D eigenvalue weighted by Gasteiger charge is 2.25. The van der Waals surface area contributed by atoms with Gasteiger partial charge in [0.25, 0.3) is 5.91 Å². The van der Waals surface area contributed by atoms with E-state index in [-0.39, 0.29) is 12.0 Å². The van der Waals surface area contributed by atoms with E-state index in [0.29, 0.717) is 23.8 Å². The first kappa shape index (κ1) is 18.8. The molecule has 1 saturated heterocycles. The van der Waals surface area contributed by atoms with Crippen molar-refractivity contribution in [3.05, 3.63) is 64.8 Å². The van der Waals surface area contributed by atoms with E-state index in [1.807, 2.05) is 53.4 Å². The zero-order valence-electron chi connectivity index (χ0n) is 15.8. The summed E-state index contributed by atoms with van der Waals surface area (Å²) in [5.41, 5.74) is 2.41. The van der Waals surface area contributed by atoms with E-state index < -0.39 is 0 Å². The number of aromatic nitrogens is 1. The number of aromatic amines is 1. The van der Waals surface area contributed by atoms with Gasteiger partial charge in [-0.1, -0.05) is 29.8 Å². The number of rotatable bonds is 6. The molecule has 146 valence electrons. The van der Waals surface area contributed by atoms with Gasteiger partial charge in [-0.2, -0.15) is 0 Å². The lowest BCUT2D eigenvalue weighted by atomic mass is 10.1. The van der Waals surface area contributed by atoms with Gasteiger partial charge in [0.2, 0.25) is 0 Å². The SMILES string of the molecule is COc1ccccc1CN(CC1CCCO1)C(=O)c1cc2cc(Cl)ccc2[nH]1. The summed E-state index contributed by atoms with van der Waals surface area (Å²) in [6, 6.07) is 15.2. The molecule has 1 aliphatic rings. The Morgan fingerprint density at radius 1 is 1.29 bits per heavy atom. The van der Waals surface area contributed by atoms with Crippen LogP contribution >= 0.6 is 11.6 Å². The van der Waals surface area contributed by atoms with Crippen molar-refractivity contribution >= 4 is 28.4 Å². The fourth-order valence-corrected chi connectivity index (χ4v) is 3.86. The first-order valence-electron chi connectivity index (χ1n) is 9.45. The molecule has 0 aliphatic carbocycles. The third kappa shape index (κ3) is 4.01. The largest absolute Gasteiger partial charge is 0.496 e. The van der Waals surface area contributed by atoms with Gasteiger partial charge in [0.15, 0.2) is 0 Å². The standard InChI is InChI=1S/C22H23ClN2O3/c1-27-21-7-3-2-5-15(21)13-25(14-18-6-4-10-28-18)22(26)20-12-16-11-17(23)8-9-19(16)24-20/h2-3,5,7-9,11-12,18,24H,4,6,10,13-14H2,1H3. The number of halogens is 1. The molecule has 3 aromatic rings. The van der Waals surface area contributed by atoms with Crippen molar-refractivity contribution < 1.29 is 14.3 Å². The van der Waals surface area contributed by atoms with E-state index in [9.17, 15) is 4.79 Å². The van der Waals surface area contributed by atoms with Gasteiger partial charge < -0.3 is 19.4 Å². The first-order valence-corrected chi connectivity index (χ1v) is 9.83. The lowest BCUT2D eigenvalue weighted by Gasteiger charge is -2.26. The number of fused-ring (bicyclic) bond motifs is 1. The van der Waals surface area contributed by atoms with Crippen LogP contribution < -0.4 is 4.74 Å². The van der Waals surface area contributed by atoms with Crippen molar-refractivity contribution in [2.45, 2.75) is 25.5 Å². The van der Waals surface area contributed by atoms with Crippen LogP contribution in [0, 0.1) is 0 Å². The molecular formula is C22H23ClN2O3. The summed E-state index contributed by atoms with van der Waals surface area (Å²) in [7, 11) is 1.65. The van der Waals surface area contributed by atoms with Crippen molar-refractivity contribution in [1.29, 1.82) is 0 Å². The summed E-state index contributed by atoms with van der Waals surface area (Å²) in [6.45, 7) is 1.76. The average Bonchev–Trinajstić information content (AvgIpc) is 3.36. The second kappa shape index (κ2) is 8.25. The molecule has 1 unspecified atom stereocenters. The molecule has 28 heavy (non-hydrogen) atoms. The second-order valence-electron chi connectivity index (χ2n) is 7.05. The Hall–Kier alpha value is -2.50. The Morgan fingerprint density at radius 2 is 2.14 bits per heavy atom. The molecule has 0 bridgehead atoms. The maximum atomic E-state index is 13.4. The molecule has 0 saturated carbocycles. The molecule has 2 heterocycles. The Balaban J connectivity index is 1.63. The monoisotopic (exact) mass is 398 g/mol. The molecule has 1 amide bonds. The lowest BCUT2D eigenvalue weighted by Crippen LogP contribution is -2.37. The summed E-state index contributed by atoms with van der Waals surface area (Å²) >= 11 is 6.08. The van der Waals surface area contributed by atoms with Gasteiger partial charge in [-0.3, -0.25) is 4.79 Å². The molecule has 1 fully saturated rings. The first-order chi connectivity index (χ1) is 13.6. The van der Waals surface area contributed by atoms with Gasteiger partial charge in [0.1, 0.15) is 11.4 Å². The lowest BCUT2D eigenvalue weighted by molar-refractivity contribution is 0.0502. The van der Waals surface area contributed by atoms with E-state index >= 15 is 0 Å². The highest BCUT2D eigenvalue weighted by molar-refractivity contribution is 6.31. The van der Waals surface area contributed by atoms with E-state index in [1.54, 1.807) is 7.11 Å². The molecule has 0 radical (unpaired) electrons. The van der Waals surface area contributed by atoms with Crippen molar-refractivity contribution in [2.24, 2.45) is 0 Å². The van der Waals surface area contributed by atoms with E-state index in [0.717, 1.165) is 41.7 Å². The zero-order valence-corrected chi connectivity index (χ0v) is 16.5. The summed E-state index contributed by atoms with van der Waals surface area (Å²) in [6.07, 6.45) is 2.07. The van der Waals surface area contributed by atoms with Gasteiger partial charge in [-0.25, -0.2) is 0 Å². The maximum absolute atomic E-state index is 13.4. The third-order valence-electron chi connectivity index (χ3n) is 5.10. The van der Waals surface area contributed by atoms with E-state index in [4.69, 9.17) is 21.1 Å². The minimum atomic E-state index is -0.0614. The highest BCUT2D eigenvalue weighted by atomic mass is 35.5. The molecule has 1 N–H and O–H groups in total. The Morgan fingerprint density at radius 3 is 2.93 bits per heavy atom. The molecule has 6 heteroatoms. The molecule has 1 aliphatic heterocycles. The van der Waals surface area contributed by atoms with Crippen molar-refractivity contribution in [1.82, 2.24) is 9.88 Å². The number of ether oxygens (including phenoxy) is 2. The van der Waals surface area contributed by atoms with Crippen LogP contribution in [-0.4, -0.2) is 42.2 Å². The van der Waals surface area contributed by atoms with Crippen LogP contribution in [0.3, 0.4) is 0 Å². The summed E-state index contributed by atoms with van der Waals surface area (Å²) in [5, 5.41) is 1.57. The number of methoxy groups -OCH3 is 1. The average molecular weight is 399 g/mol. The smallest absolute Gasteiger partial charge is 0.270 e. The van der Waals surface area contributed by atoms with Crippen LogP contribution in [-0.2, 0) is 11.3 Å². The second-order valence-corrected chi connectivity index (χ2v) is 7.48. The number of nitrogens with one attached hydrogen (secondary N) is 1. The van der Waals surface area contributed by atoms with Crippen molar-refractivity contribution in [3.8, 4) is 5.75 Å². The quantitative estimate of drug-likeness (QED) is 0.657. The zero-order chi connectivity index (χ0) is 19.5. The van der Waals surface area contributed by atoms with Crippen LogP contribution in [0.5, 0.6) is 5.75 Å². The summed E-state index contributed by atoms with van der Waals surface area (Å²) in [4.78, 5) is 18.4. The van der Waals surface area contributed by atoms with Crippen molar-refractivity contribution in [2.75, 3.05) is 20.3 Å². The van der Waals surface area contributed by atoms with Gasteiger partial charge in [-0.05, 0) is 43.2 Å². The Labute approximate surface area is 169 Å². The molecule has 2 aromatic carbocycles. The van der Waals surface area contributed by atoms with E-state index in [1.165, 1.54) is 0 Å². The van der Waals surface area contributed by atoms with Crippen LogP contribution in [0.4, 0.5) is 0 Å². The van der Waals surface area contributed by atoms with Gasteiger partial charge in [0.05, 0.1) is 13.2 Å². The Kier molecular flexibility index (Phi) is 5.55. The highest BCUT2D eigenvalue weighted by Crippen LogP contribution is 2.24.